The zero-order chi connectivity index (χ0) is 19.1. The number of nitrogens with one attached hydrogen (secondary N) is 1. The molecule has 1 fully saturated rings. The average Bonchev–Trinajstić information content (AvgIpc) is 3.32. The van der Waals surface area contributed by atoms with Crippen molar-refractivity contribution in [2.75, 3.05) is 18.4 Å². The first kappa shape index (κ1) is 18.2. The number of carbonyl (C=O) groups excluding carboxylic acids is 1. The highest BCUT2D eigenvalue weighted by molar-refractivity contribution is 5.96. The molecule has 1 aliphatic heterocycles. The van der Waals surface area contributed by atoms with Crippen LogP contribution >= 0.6 is 0 Å². The molecule has 0 radical (unpaired) electrons. The molecule has 2 aromatic rings. The van der Waals surface area contributed by atoms with Crippen molar-refractivity contribution < 1.29 is 4.79 Å². The Hall–Kier alpha value is -2.14. The normalized spacial score (nSPS) is 20.0. The lowest BCUT2D eigenvalue weighted by Gasteiger charge is -2.36. The van der Waals surface area contributed by atoms with Crippen LogP contribution in [-0.4, -0.2) is 33.4 Å². The van der Waals surface area contributed by atoms with Crippen molar-refractivity contribution in [3.05, 3.63) is 47.0 Å². The van der Waals surface area contributed by atoms with Crippen molar-refractivity contribution >= 4 is 11.6 Å². The van der Waals surface area contributed by atoms with E-state index >= 15 is 0 Å². The highest BCUT2D eigenvalue weighted by atomic mass is 16.2. The molecular weight excluding hydrogens is 336 g/mol. The van der Waals surface area contributed by atoms with Crippen molar-refractivity contribution in [3.8, 4) is 0 Å². The molecule has 0 bridgehead atoms. The summed E-state index contributed by atoms with van der Waals surface area (Å²) in [5.74, 6) is 0.810. The van der Waals surface area contributed by atoms with Crippen LogP contribution in [0, 0.1) is 19.8 Å². The van der Waals surface area contributed by atoms with Gasteiger partial charge in [0.05, 0.1) is 17.7 Å². The summed E-state index contributed by atoms with van der Waals surface area (Å²) in [5.41, 5.74) is 5.37. The number of hydrogen-bond acceptors (Lipinski definition) is 3. The molecule has 2 heterocycles. The molecule has 1 unspecified atom stereocenters. The number of nitrogens with zero attached hydrogens (tertiary/aromatic N) is 3. The van der Waals surface area contributed by atoms with Crippen molar-refractivity contribution in [1.29, 1.82) is 0 Å². The van der Waals surface area contributed by atoms with E-state index in [1.54, 1.807) is 0 Å². The van der Waals surface area contributed by atoms with Crippen LogP contribution in [0.1, 0.15) is 61.3 Å². The number of carbonyl (C=O) groups is 1. The van der Waals surface area contributed by atoms with Gasteiger partial charge < -0.3 is 9.88 Å². The maximum atomic E-state index is 13.5. The molecule has 1 aliphatic carbocycles. The van der Waals surface area contributed by atoms with Crippen molar-refractivity contribution in [1.82, 2.24) is 14.5 Å². The third-order valence-electron chi connectivity index (χ3n) is 5.81. The fourth-order valence-electron chi connectivity index (χ4n) is 4.14. The number of anilines is 1. The quantitative estimate of drug-likeness (QED) is 0.869. The number of imidazole rings is 1. The number of amides is 1. The molecule has 0 spiro atoms. The zero-order valence-corrected chi connectivity index (χ0v) is 16.8. The second-order valence-electron chi connectivity index (χ2n) is 8.48. The van der Waals surface area contributed by atoms with Gasteiger partial charge in [-0.05, 0) is 58.1 Å². The Morgan fingerprint density at radius 2 is 2.07 bits per heavy atom. The van der Waals surface area contributed by atoms with Crippen molar-refractivity contribution in [2.45, 2.75) is 59.0 Å². The number of benzene rings is 1. The Balaban J connectivity index is 1.67. The molecule has 1 aromatic heterocycles. The minimum Gasteiger partial charge on any atom is -0.330 e. The van der Waals surface area contributed by atoms with Crippen LogP contribution in [0.25, 0.3) is 0 Å². The monoisotopic (exact) mass is 366 g/mol. The second-order valence-corrected chi connectivity index (χ2v) is 8.48. The summed E-state index contributed by atoms with van der Waals surface area (Å²) in [7, 11) is 0. The van der Waals surface area contributed by atoms with E-state index in [4.69, 9.17) is 0 Å². The first-order chi connectivity index (χ1) is 12.9. The maximum absolute atomic E-state index is 13.5. The lowest BCUT2D eigenvalue weighted by Crippen LogP contribution is -2.44. The van der Waals surface area contributed by atoms with Gasteiger partial charge in [-0.2, -0.15) is 0 Å². The van der Waals surface area contributed by atoms with Crippen LogP contribution in [0.15, 0.2) is 24.5 Å². The summed E-state index contributed by atoms with van der Waals surface area (Å²) in [6.07, 6.45) is 5.42. The molecule has 1 amide bonds. The van der Waals surface area contributed by atoms with Crippen LogP contribution in [0.3, 0.4) is 0 Å². The Morgan fingerprint density at radius 3 is 2.74 bits per heavy atom. The van der Waals surface area contributed by atoms with Crippen LogP contribution in [-0.2, 0) is 11.2 Å². The molecule has 2 aliphatic rings. The predicted octanol–water partition coefficient (Wildman–Crippen LogP) is 4.03. The first-order valence-corrected chi connectivity index (χ1v) is 10.1. The Labute approximate surface area is 161 Å². The van der Waals surface area contributed by atoms with Gasteiger partial charge in [0.15, 0.2) is 0 Å². The van der Waals surface area contributed by atoms with Gasteiger partial charge in [-0.1, -0.05) is 17.7 Å². The summed E-state index contributed by atoms with van der Waals surface area (Å²) in [6, 6.07) is 6.20. The lowest BCUT2D eigenvalue weighted by molar-refractivity contribution is -0.122. The Morgan fingerprint density at radius 1 is 1.30 bits per heavy atom. The molecule has 0 saturated heterocycles. The van der Waals surface area contributed by atoms with Crippen molar-refractivity contribution in [2.24, 2.45) is 5.92 Å². The molecule has 1 aromatic carbocycles. The smallest absolute Gasteiger partial charge is 0.247 e. The van der Waals surface area contributed by atoms with E-state index in [-0.39, 0.29) is 11.9 Å². The largest absolute Gasteiger partial charge is 0.330 e. The summed E-state index contributed by atoms with van der Waals surface area (Å²) >= 11 is 0. The Bertz CT molecular complexity index is 850. The van der Waals surface area contributed by atoms with Crippen molar-refractivity contribution in [3.63, 3.8) is 0 Å². The van der Waals surface area contributed by atoms with Gasteiger partial charge in [-0.3, -0.25) is 9.69 Å². The van der Waals surface area contributed by atoms with Gasteiger partial charge in [-0.25, -0.2) is 4.98 Å². The van der Waals surface area contributed by atoms with Crippen LogP contribution in [0.5, 0.6) is 0 Å². The topological polar surface area (TPSA) is 50.2 Å². The number of fused-ring (bicyclic) bond motifs is 1. The summed E-state index contributed by atoms with van der Waals surface area (Å²) in [4.78, 5) is 20.5. The van der Waals surface area contributed by atoms with E-state index in [0.29, 0.717) is 6.04 Å². The van der Waals surface area contributed by atoms with E-state index in [1.165, 1.54) is 18.4 Å². The third kappa shape index (κ3) is 3.65. The standard InChI is InChI=1S/C22H30N4O/c1-14(2)26-13-23-19-9-10-25(12-17-6-7-17)21(20(19)26)22(27)24-18-8-5-15(3)11-16(18)4/h5,8,11,13-14,17,21H,6-7,9-10,12H2,1-4H3,(H,24,27). The molecule has 144 valence electrons. The van der Waals surface area contributed by atoms with Gasteiger partial charge >= 0.3 is 0 Å². The second kappa shape index (κ2) is 7.12. The van der Waals surface area contributed by atoms with Gasteiger partial charge in [0.25, 0.3) is 0 Å². The third-order valence-corrected chi connectivity index (χ3v) is 5.81. The zero-order valence-electron chi connectivity index (χ0n) is 16.8. The van der Waals surface area contributed by atoms with E-state index in [9.17, 15) is 4.79 Å². The fraction of sp³-hybridized carbons (Fsp3) is 0.545. The summed E-state index contributed by atoms with van der Waals surface area (Å²) in [6.45, 7) is 10.3. The number of aryl methyl sites for hydroxylation is 2. The van der Waals surface area contributed by atoms with Gasteiger partial charge in [0.2, 0.25) is 5.91 Å². The average molecular weight is 367 g/mol. The number of hydrogen-bond donors (Lipinski definition) is 1. The summed E-state index contributed by atoms with van der Waals surface area (Å²) < 4.78 is 2.18. The van der Waals surface area contributed by atoms with Gasteiger partial charge in [0, 0.05) is 31.2 Å². The number of aromatic nitrogens is 2. The van der Waals surface area contributed by atoms with E-state index in [1.807, 2.05) is 12.4 Å². The Kier molecular flexibility index (Phi) is 4.81. The first-order valence-electron chi connectivity index (χ1n) is 10.1. The SMILES string of the molecule is Cc1ccc(NC(=O)C2c3c(ncn3C(C)C)CCN2CC2CC2)c(C)c1. The van der Waals surface area contributed by atoms with Crippen LogP contribution in [0.2, 0.25) is 0 Å². The highest BCUT2D eigenvalue weighted by Crippen LogP contribution is 2.37. The van der Waals surface area contributed by atoms with E-state index in [0.717, 1.165) is 48.1 Å². The minimum absolute atomic E-state index is 0.0611. The van der Waals surface area contributed by atoms with Gasteiger partial charge in [-0.15, -0.1) is 0 Å². The molecule has 27 heavy (non-hydrogen) atoms. The summed E-state index contributed by atoms with van der Waals surface area (Å²) in [5, 5.41) is 3.21. The highest BCUT2D eigenvalue weighted by Gasteiger charge is 2.39. The molecule has 4 rings (SSSR count). The molecule has 5 nitrogen and oxygen atoms in total. The van der Waals surface area contributed by atoms with E-state index in [2.05, 4.69) is 59.6 Å². The van der Waals surface area contributed by atoms with Gasteiger partial charge in [0.1, 0.15) is 6.04 Å². The van der Waals surface area contributed by atoms with E-state index < -0.39 is 0 Å². The minimum atomic E-state index is -0.264. The molecular formula is C22H30N4O. The van der Waals surface area contributed by atoms with Crippen LogP contribution < -0.4 is 5.32 Å². The molecule has 1 saturated carbocycles. The lowest BCUT2D eigenvalue weighted by atomic mass is 10.00. The number of rotatable bonds is 5. The maximum Gasteiger partial charge on any atom is 0.247 e. The van der Waals surface area contributed by atoms with Crippen LogP contribution in [0.4, 0.5) is 5.69 Å². The molecule has 1 atom stereocenters. The molecule has 1 N–H and O–H groups in total. The fourth-order valence-corrected chi connectivity index (χ4v) is 4.14. The molecule has 5 heteroatoms. The predicted molar refractivity (Wildman–Crippen MR) is 108 cm³/mol.